The van der Waals surface area contributed by atoms with Gasteiger partial charge in [-0.15, -0.1) is 0 Å². The van der Waals surface area contributed by atoms with Crippen LogP contribution >= 0.6 is 23.4 Å². The molecule has 1 unspecified atom stereocenters. The van der Waals surface area contributed by atoms with Gasteiger partial charge in [0.1, 0.15) is 0 Å². The Morgan fingerprint density at radius 1 is 1.15 bits per heavy atom. The molecule has 2 aliphatic heterocycles. The maximum atomic E-state index is 13.1. The Morgan fingerprint density at radius 3 is 2.52 bits per heavy atom. The van der Waals surface area contributed by atoms with Gasteiger partial charge >= 0.3 is 5.97 Å². The second-order valence-electron chi connectivity index (χ2n) is 7.85. The Bertz CT molecular complexity index is 1160. The Hall–Kier alpha value is -3.03. The fraction of sp³-hybridized carbons (Fsp3) is 0.240. The normalized spacial score (nSPS) is 17.3. The van der Waals surface area contributed by atoms with Crippen molar-refractivity contribution in [2.75, 3.05) is 14.2 Å². The number of hydrogen-bond acceptors (Lipinski definition) is 6. The quantitative estimate of drug-likeness (QED) is 0.535. The monoisotopic (exact) mass is 481 g/mol. The van der Waals surface area contributed by atoms with Gasteiger partial charge in [-0.3, -0.25) is 4.79 Å². The maximum absolute atomic E-state index is 13.1. The van der Waals surface area contributed by atoms with E-state index in [1.165, 1.54) is 18.9 Å². The summed E-state index contributed by atoms with van der Waals surface area (Å²) in [5.74, 6) is -0.466. The number of halogens is 1. The molecule has 0 radical (unpaired) electrons. The molecule has 170 valence electrons. The number of carbonyl (C=O) groups is 2. The summed E-state index contributed by atoms with van der Waals surface area (Å²) >= 11 is 7.56. The van der Waals surface area contributed by atoms with Crippen molar-refractivity contribution in [2.24, 2.45) is 4.99 Å². The zero-order chi connectivity index (χ0) is 23.5. The molecule has 0 saturated carbocycles. The number of amidine groups is 1. The highest BCUT2D eigenvalue weighted by atomic mass is 35.5. The Balaban J connectivity index is 1.63. The first-order chi connectivity index (χ1) is 15.9. The molecule has 8 heteroatoms. The summed E-state index contributed by atoms with van der Waals surface area (Å²) in [5, 5.41) is 3.27. The second-order valence-corrected chi connectivity index (χ2v) is 9.12. The van der Waals surface area contributed by atoms with Gasteiger partial charge in [0.15, 0.2) is 5.17 Å². The van der Waals surface area contributed by atoms with Crippen LogP contribution in [0.3, 0.4) is 0 Å². The number of esters is 1. The van der Waals surface area contributed by atoms with Gasteiger partial charge < -0.3 is 14.5 Å². The second kappa shape index (κ2) is 9.85. The molecule has 6 nitrogen and oxygen atoms in total. The summed E-state index contributed by atoms with van der Waals surface area (Å²) in [4.78, 5) is 34.2. The SMILES string of the molecule is COC(=O)C1=C(C)N=C2SC=C(CC(=O)N(C)Cc3ccccc3)N2C1c1ccc(Cl)cc1. The minimum absolute atomic E-state index is 0.0206. The highest BCUT2D eigenvalue weighted by molar-refractivity contribution is 8.16. The van der Waals surface area contributed by atoms with Crippen LogP contribution in [0.15, 0.2) is 82.0 Å². The topological polar surface area (TPSA) is 62.2 Å². The lowest BCUT2D eigenvalue weighted by molar-refractivity contribution is -0.136. The van der Waals surface area contributed by atoms with Crippen molar-refractivity contribution in [3.8, 4) is 0 Å². The van der Waals surface area contributed by atoms with E-state index >= 15 is 0 Å². The van der Waals surface area contributed by atoms with Gasteiger partial charge in [0.2, 0.25) is 5.91 Å². The van der Waals surface area contributed by atoms with Crippen molar-refractivity contribution in [1.82, 2.24) is 9.80 Å². The van der Waals surface area contributed by atoms with Crippen LogP contribution in [0.2, 0.25) is 5.02 Å². The number of benzene rings is 2. The third-order valence-electron chi connectivity index (χ3n) is 5.61. The number of rotatable bonds is 6. The number of aliphatic imine (C=N–C) groups is 1. The molecule has 33 heavy (non-hydrogen) atoms. The highest BCUT2D eigenvalue weighted by Gasteiger charge is 2.41. The van der Waals surface area contributed by atoms with Gasteiger partial charge in [-0.1, -0.05) is 65.8 Å². The van der Waals surface area contributed by atoms with Crippen LogP contribution in [0.5, 0.6) is 0 Å². The van der Waals surface area contributed by atoms with E-state index in [4.69, 9.17) is 16.3 Å². The lowest BCUT2D eigenvalue weighted by atomic mass is 9.94. The minimum atomic E-state index is -0.462. The van der Waals surface area contributed by atoms with Gasteiger partial charge in [-0.05, 0) is 35.6 Å². The summed E-state index contributed by atoms with van der Waals surface area (Å²) in [7, 11) is 3.15. The molecule has 0 aliphatic carbocycles. The number of thioether (sulfide) groups is 1. The summed E-state index contributed by atoms with van der Waals surface area (Å²) in [5.41, 5.74) is 3.77. The van der Waals surface area contributed by atoms with Crippen LogP contribution in [-0.2, 0) is 20.9 Å². The molecule has 2 aromatic carbocycles. The molecule has 1 atom stereocenters. The average molecular weight is 482 g/mol. The van der Waals surface area contributed by atoms with Gasteiger partial charge in [0, 0.05) is 24.3 Å². The molecule has 2 aliphatic rings. The lowest BCUT2D eigenvalue weighted by Crippen LogP contribution is -2.38. The number of nitrogens with zero attached hydrogens (tertiary/aromatic N) is 3. The van der Waals surface area contributed by atoms with E-state index < -0.39 is 12.0 Å². The van der Waals surface area contributed by atoms with Crippen LogP contribution in [-0.4, -0.2) is 41.0 Å². The zero-order valence-corrected chi connectivity index (χ0v) is 20.2. The van der Waals surface area contributed by atoms with E-state index in [1.54, 1.807) is 31.0 Å². The first-order valence-electron chi connectivity index (χ1n) is 10.4. The van der Waals surface area contributed by atoms with Crippen LogP contribution < -0.4 is 0 Å². The van der Waals surface area contributed by atoms with Gasteiger partial charge in [0.05, 0.1) is 30.8 Å². The van der Waals surface area contributed by atoms with Crippen molar-refractivity contribution in [3.63, 3.8) is 0 Å². The molecule has 0 saturated heterocycles. The van der Waals surface area contributed by atoms with Crippen LogP contribution in [0.4, 0.5) is 0 Å². The molecule has 2 heterocycles. The molecular formula is C25H24ClN3O3S. The molecule has 0 N–H and O–H groups in total. The third kappa shape index (κ3) is 4.84. The van der Waals surface area contributed by atoms with Crippen molar-refractivity contribution in [2.45, 2.75) is 25.9 Å². The van der Waals surface area contributed by atoms with Crippen molar-refractivity contribution < 1.29 is 14.3 Å². The maximum Gasteiger partial charge on any atom is 0.338 e. The molecule has 0 fully saturated rings. The number of ether oxygens (including phenoxy) is 1. The van der Waals surface area contributed by atoms with Crippen molar-refractivity contribution in [3.05, 3.63) is 93.1 Å². The average Bonchev–Trinajstić information content (AvgIpc) is 3.20. The van der Waals surface area contributed by atoms with Crippen LogP contribution in [0.1, 0.15) is 30.5 Å². The fourth-order valence-electron chi connectivity index (χ4n) is 3.94. The Kier molecular flexibility index (Phi) is 6.91. The van der Waals surface area contributed by atoms with E-state index in [0.29, 0.717) is 22.8 Å². The largest absolute Gasteiger partial charge is 0.466 e. The van der Waals surface area contributed by atoms with E-state index in [1.807, 2.05) is 52.8 Å². The van der Waals surface area contributed by atoms with E-state index in [-0.39, 0.29) is 12.3 Å². The molecule has 2 aromatic rings. The fourth-order valence-corrected chi connectivity index (χ4v) is 5.03. The number of fused-ring (bicyclic) bond motifs is 1. The van der Waals surface area contributed by atoms with Gasteiger partial charge in [0.25, 0.3) is 0 Å². The number of carbonyl (C=O) groups excluding carboxylic acids is 2. The Morgan fingerprint density at radius 2 is 1.85 bits per heavy atom. The van der Waals surface area contributed by atoms with E-state index in [0.717, 1.165) is 22.0 Å². The van der Waals surface area contributed by atoms with Gasteiger partial charge in [-0.2, -0.15) is 0 Å². The molecular weight excluding hydrogens is 458 g/mol. The predicted octanol–water partition coefficient (Wildman–Crippen LogP) is 5.14. The van der Waals surface area contributed by atoms with Crippen LogP contribution in [0, 0.1) is 0 Å². The van der Waals surface area contributed by atoms with Crippen molar-refractivity contribution in [1.29, 1.82) is 0 Å². The summed E-state index contributed by atoms with van der Waals surface area (Å²) in [6, 6.07) is 16.7. The first-order valence-corrected chi connectivity index (χ1v) is 11.7. The smallest absolute Gasteiger partial charge is 0.338 e. The molecule has 0 bridgehead atoms. The summed E-state index contributed by atoms with van der Waals surface area (Å²) < 4.78 is 5.08. The standard InChI is InChI=1S/C25H24ClN3O3S/c1-16-22(24(31)32-3)23(18-9-11-19(26)12-10-18)29-20(15-33-25(29)27-16)13-21(30)28(2)14-17-7-5-4-6-8-17/h4-12,15,23H,13-14H2,1-3H3. The number of methoxy groups -OCH3 is 1. The third-order valence-corrected chi connectivity index (χ3v) is 6.75. The highest BCUT2D eigenvalue weighted by Crippen LogP contribution is 2.45. The minimum Gasteiger partial charge on any atom is -0.466 e. The van der Waals surface area contributed by atoms with Crippen LogP contribution in [0.25, 0.3) is 0 Å². The van der Waals surface area contributed by atoms with Gasteiger partial charge in [-0.25, -0.2) is 9.79 Å². The van der Waals surface area contributed by atoms with E-state index in [9.17, 15) is 9.59 Å². The number of allylic oxidation sites excluding steroid dienone is 1. The first kappa shape index (κ1) is 23.1. The zero-order valence-electron chi connectivity index (χ0n) is 18.6. The van der Waals surface area contributed by atoms with Crippen molar-refractivity contribution >= 4 is 40.4 Å². The summed E-state index contributed by atoms with van der Waals surface area (Å²) in [6.45, 7) is 2.32. The summed E-state index contributed by atoms with van der Waals surface area (Å²) in [6.07, 6.45) is 0.187. The number of hydrogen-bond donors (Lipinski definition) is 0. The molecule has 1 amide bonds. The lowest BCUT2D eigenvalue weighted by Gasteiger charge is -2.36. The molecule has 4 rings (SSSR count). The molecule has 0 spiro atoms. The Labute approximate surface area is 202 Å². The van der Waals surface area contributed by atoms with E-state index in [2.05, 4.69) is 4.99 Å². The molecule has 0 aromatic heterocycles. The predicted molar refractivity (Wildman–Crippen MR) is 131 cm³/mol. The number of amides is 1.